The molecule has 2 aromatic rings. The SMILES string of the molecule is C/C(=C/C=C\[C@H]1CCC(=O)N1CCc1ccccc1C(=O)O)c1ccccc1. The van der Waals surface area contributed by atoms with Crippen LogP contribution < -0.4 is 0 Å². The highest BCUT2D eigenvalue weighted by molar-refractivity contribution is 5.89. The fourth-order valence-electron chi connectivity index (χ4n) is 3.56. The summed E-state index contributed by atoms with van der Waals surface area (Å²) in [6.07, 6.45) is 8.03. The first-order valence-corrected chi connectivity index (χ1v) is 9.57. The van der Waals surface area contributed by atoms with Gasteiger partial charge >= 0.3 is 5.97 Å². The molecular weight excluding hydrogens is 350 g/mol. The van der Waals surface area contributed by atoms with E-state index in [4.69, 9.17) is 0 Å². The molecule has 1 aliphatic rings. The monoisotopic (exact) mass is 375 g/mol. The van der Waals surface area contributed by atoms with Crippen LogP contribution in [0.3, 0.4) is 0 Å². The average Bonchev–Trinajstić information content (AvgIpc) is 3.06. The van der Waals surface area contributed by atoms with Crippen molar-refractivity contribution in [2.24, 2.45) is 0 Å². The van der Waals surface area contributed by atoms with Gasteiger partial charge in [0.15, 0.2) is 0 Å². The van der Waals surface area contributed by atoms with Gasteiger partial charge in [-0.25, -0.2) is 4.79 Å². The Labute approximate surface area is 165 Å². The minimum atomic E-state index is -0.929. The third kappa shape index (κ3) is 4.77. The lowest BCUT2D eigenvalue weighted by Crippen LogP contribution is -2.33. The molecule has 1 fully saturated rings. The van der Waals surface area contributed by atoms with Gasteiger partial charge in [0.1, 0.15) is 0 Å². The Hall–Kier alpha value is -3.14. The van der Waals surface area contributed by atoms with E-state index in [1.54, 1.807) is 12.1 Å². The van der Waals surface area contributed by atoms with Gasteiger partial charge in [0.05, 0.1) is 11.6 Å². The standard InChI is InChI=1S/C24H25NO3/c1-18(19-9-3-2-4-10-19)8-7-12-21-14-15-23(26)25(21)17-16-20-11-5-6-13-22(20)24(27)28/h2-13,21H,14-17H2,1H3,(H,27,28)/b12-7-,18-8-/t21-/m0/s1. The molecule has 3 rings (SSSR count). The summed E-state index contributed by atoms with van der Waals surface area (Å²) in [6.45, 7) is 2.60. The second kappa shape index (κ2) is 9.18. The molecule has 1 N–H and O–H groups in total. The zero-order chi connectivity index (χ0) is 19.9. The molecular formula is C24H25NO3. The fourth-order valence-corrected chi connectivity index (χ4v) is 3.56. The molecule has 1 atom stereocenters. The Bertz CT molecular complexity index is 899. The van der Waals surface area contributed by atoms with Crippen molar-refractivity contribution in [1.82, 2.24) is 4.90 Å². The van der Waals surface area contributed by atoms with E-state index in [1.807, 2.05) is 41.3 Å². The van der Waals surface area contributed by atoms with Crippen LogP contribution in [0.25, 0.3) is 5.57 Å². The zero-order valence-corrected chi connectivity index (χ0v) is 16.0. The van der Waals surface area contributed by atoms with Crippen molar-refractivity contribution in [2.75, 3.05) is 6.54 Å². The van der Waals surface area contributed by atoms with Gasteiger partial charge in [0.2, 0.25) is 5.91 Å². The Balaban J connectivity index is 1.66. The summed E-state index contributed by atoms with van der Waals surface area (Å²) in [6, 6.07) is 17.2. The second-order valence-electron chi connectivity index (χ2n) is 7.01. The van der Waals surface area contributed by atoms with Gasteiger partial charge in [-0.3, -0.25) is 4.79 Å². The van der Waals surface area contributed by atoms with E-state index in [0.717, 1.165) is 12.0 Å². The summed E-state index contributed by atoms with van der Waals surface area (Å²) in [7, 11) is 0. The van der Waals surface area contributed by atoms with Crippen LogP contribution in [0.1, 0.15) is 41.3 Å². The Morgan fingerprint density at radius 1 is 1.14 bits per heavy atom. The number of hydrogen-bond acceptors (Lipinski definition) is 2. The van der Waals surface area contributed by atoms with Crippen LogP contribution in [-0.2, 0) is 11.2 Å². The maximum atomic E-state index is 12.3. The molecule has 1 heterocycles. The lowest BCUT2D eigenvalue weighted by molar-refractivity contribution is -0.128. The number of amides is 1. The van der Waals surface area contributed by atoms with Gasteiger partial charge < -0.3 is 10.0 Å². The summed E-state index contributed by atoms with van der Waals surface area (Å²) >= 11 is 0. The van der Waals surface area contributed by atoms with Gasteiger partial charge in [-0.2, -0.15) is 0 Å². The lowest BCUT2D eigenvalue weighted by atomic mass is 10.0. The number of hydrogen-bond donors (Lipinski definition) is 1. The van der Waals surface area contributed by atoms with Gasteiger partial charge in [-0.05, 0) is 42.5 Å². The average molecular weight is 375 g/mol. The van der Waals surface area contributed by atoms with Crippen LogP contribution >= 0.6 is 0 Å². The van der Waals surface area contributed by atoms with Crippen molar-refractivity contribution in [3.05, 3.63) is 89.5 Å². The number of rotatable bonds is 7. The molecule has 0 radical (unpaired) electrons. The molecule has 0 saturated carbocycles. The molecule has 0 unspecified atom stereocenters. The van der Waals surface area contributed by atoms with Crippen molar-refractivity contribution >= 4 is 17.4 Å². The summed E-state index contributed by atoms with van der Waals surface area (Å²) in [5, 5.41) is 9.33. The van der Waals surface area contributed by atoms with E-state index in [1.165, 1.54) is 11.1 Å². The minimum Gasteiger partial charge on any atom is -0.478 e. The zero-order valence-electron chi connectivity index (χ0n) is 16.0. The number of aromatic carboxylic acids is 1. The molecule has 1 amide bonds. The number of allylic oxidation sites excluding steroid dienone is 3. The van der Waals surface area contributed by atoms with Crippen LogP contribution in [0, 0.1) is 0 Å². The highest BCUT2D eigenvalue weighted by Gasteiger charge is 2.28. The van der Waals surface area contributed by atoms with E-state index >= 15 is 0 Å². The molecule has 4 nitrogen and oxygen atoms in total. The molecule has 1 aliphatic heterocycles. The Morgan fingerprint density at radius 3 is 2.61 bits per heavy atom. The summed E-state index contributed by atoms with van der Waals surface area (Å²) in [5.74, 6) is -0.799. The first-order valence-electron chi connectivity index (χ1n) is 9.57. The largest absolute Gasteiger partial charge is 0.478 e. The number of likely N-dealkylation sites (tertiary alicyclic amines) is 1. The van der Waals surface area contributed by atoms with E-state index in [9.17, 15) is 14.7 Å². The Kier molecular flexibility index (Phi) is 6.43. The van der Waals surface area contributed by atoms with Gasteiger partial charge in [-0.1, -0.05) is 66.8 Å². The molecule has 1 saturated heterocycles. The quantitative estimate of drug-likeness (QED) is 0.721. The molecule has 0 aromatic heterocycles. The molecule has 2 aromatic carbocycles. The number of carbonyl (C=O) groups is 2. The Morgan fingerprint density at radius 2 is 1.86 bits per heavy atom. The van der Waals surface area contributed by atoms with Gasteiger partial charge in [-0.15, -0.1) is 0 Å². The third-order valence-electron chi connectivity index (χ3n) is 5.15. The maximum absolute atomic E-state index is 12.3. The molecule has 0 bridgehead atoms. The van der Waals surface area contributed by atoms with E-state index in [2.05, 4.69) is 31.2 Å². The normalized spacial score (nSPS) is 17.5. The van der Waals surface area contributed by atoms with Gasteiger partial charge in [0.25, 0.3) is 0 Å². The van der Waals surface area contributed by atoms with E-state index in [-0.39, 0.29) is 11.9 Å². The summed E-state index contributed by atoms with van der Waals surface area (Å²) in [5.41, 5.74) is 3.42. The van der Waals surface area contributed by atoms with Crippen molar-refractivity contribution in [2.45, 2.75) is 32.2 Å². The van der Waals surface area contributed by atoms with Crippen LogP contribution in [0.4, 0.5) is 0 Å². The topological polar surface area (TPSA) is 57.6 Å². The van der Waals surface area contributed by atoms with E-state index in [0.29, 0.717) is 24.9 Å². The van der Waals surface area contributed by atoms with Crippen LogP contribution in [0.15, 0.2) is 72.8 Å². The summed E-state index contributed by atoms with van der Waals surface area (Å²) in [4.78, 5) is 25.5. The first kappa shape index (κ1) is 19.6. The van der Waals surface area contributed by atoms with Crippen molar-refractivity contribution in [3.8, 4) is 0 Å². The fraction of sp³-hybridized carbons (Fsp3) is 0.250. The highest BCUT2D eigenvalue weighted by Crippen LogP contribution is 2.22. The van der Waals surface area contributed by atoms with Crippen molar-refractivity contribution in [3.63, 3.8) is 0 Å². The summed E-state index contributed by atoms with van der Waals surface area (Å²) < 4.78 is 0. The number of carboxylic acid groups (broad SMARTS) is 1. The maximum Gasteiger partial charge on any atom is 0.335 e. The highest BCUT2D eigenvalue weighted by atomic mass is 16.4. The lowest BCUT2D eigenvalue weighted by Gasteiger charge is -2.22. The smallest absolute Gasteiger partial charge is 0.335 e. The van der Waals surface area contributed by atoms with E-state index < -0.39 is 5.97 Å². The van der Waals surface area contributed by atoms with Gasteiger partial charge in [0, 0.05) is 13.0 Å². The number of carbonyl (C=O) groups excluding carboxylic acids is 1. The van der Waals surface area contributed by atoms with Crippen LogP contribution in [-0.4, -0.2) is 34.5 Å². The molecule has 0 spiro atoms. The number of nitrogens with zero attached hydrogens (tertiary/aromatic N) is 1. The molecule has 28 heavy (non-hydrogen) atoms. The van der Waals surface area contributed by atoms with Crippen LogP contribution in [0.2, 0.25) is 0 Å². The first-order chi connectivity index (χ1) is 13.6. The number of carboxylic acids is 1. The second-order valence-corrected chi connectivity index (χ2v) is 7.01. The predicted octanol–water partition coefficient (Wildman–Crippen LogP) is 4.58. The molecule has 4 heteroatoms. The predicted molar refractivity (Wildman–Crippen MR) is 111 cm³/mol. The minimum absolute atomic E-state index is 0.0595. The number of benzene rings is 2. The third-order valence-corrected chi connectivity index (χ3v) is 5.15. The van der Waals surface area contributed by atoms with Crippen LogP contribution in [0.5, 0.6) is 0 Å². The van der Waals surface area contributed by atoms with Crippen molar-refractivity contribution in [1.29, 1.82) is 0 Å². The molecule has 144 valence electrons. The molecule has 0 aliphatic carbocycles. The van der Waals surface area contributed by atoms with Crippen molar-refractivity contribution < 1.29 is 14.7 Å².